The summed E-state index contributed by atoms with van der Waals surface area (Å²) in [6.45, 7) is 0. The van der Waals surface area contributed by atoms with E-state index in [1.807, 2.05) is 0 Å². The summed E-state index contributed by atoms with van der Waals surface area (Å²) in [6.07, 6.45) is 5.47. The molecule has 2 N–H and O–H groups in total. The minimum atomic E-state index is -0.659. The molecule has 4 nitrogen and oxygen atoms in total. The molecule has 0 radical (unpaired) electrons. The third-order valence-corrected chi connectivity index (χ3v) is 5.76. The molecule has 0 bridgehead atoms. The molecule has 0 saturated heterocycles. The van der Waals surface area contributed by atoms with Gasteiger partial charge in [0.2, 0.25) is 5.91 Å². The summed E-state index contributed by atoms with van der Waals surface area (Å²) in [5.41, 5.74) is 0. The summed E-state index contributed by atoms with van der Waals surface area (Å²) in [6, 6.07) is 0.283. The van der Waals surface area contributed by atoms with Crippen molar-refractivity contribution < 1.29 is 14.7 Å². The van der Waals surface area contributed by atoms with Crippen molar-refractivity contribution in [1.82, 2.24) is 5.32 Å². The maximum Gasteiger partial charge on any atom is 0.306 e. The lowest BCUT2D eigenvalue weighted by molar-refractivity contribution is -0.140. The topological polar surface area (TPSA) is 66.4 Å². The summed E-state index contributed by atoms with van der Waals surface area (Å²) in [5, 5.41) is 12.0. The van der Waals surface area contributed by atoms with Crippen LogP contribution in [0.4, 0.5) is 0 Å². The van der Waals surface area contributed by atoms with Gasteiger partial charge in [-0.15, -0.1) is 0 Å². The number of nitrogens with one attached hydrogen (secondary N) is 1. The van der Waals surface area contributed by atoms with E-state index >= 15 is 0 Å². The third-order valence-electron chi connectivity index (χ3n) is 5.76. The zero-order chi connectivity index (χ0) is 12.4. The van der Waals surface area contributed by atoms with Crippen molar-refractivity contribution >= 4 is 11.9 Å². The van der Waals surface area contributed by atoms with Crippen LogP contribution in [0.15, 0.2) is 0 Å². The van der Waals surface area contributed by atoms with Crippen LogP contribution in [0.3, 0.4) is 0 Å². The van der Waals surface area contributed by atoms with Crippen molar-refractivity contribution in [2.24, 2.45) is 35.5 Å². The second-order valence-corrected chi connectivity index (χ2v) is 6.70. The number of rotatable bonds is 4. The first kappa shape index (κ1) is 10.8. The highest BCUT2D eigenvalue weighted by atomic mass is 16.4. The Morgan fingerprint density at radius 1 is 0.944 bits per heavy atom. The molecule has 4 saturated carbocycles. The van der Waals surface area contributed by atoms with Gasteiger partial charge >= 0.3 is 5.97 Å². The molecule has 0 aromatic rings. The van der Waals surface area contributed by atoms with E-state index in [1.54, 1.807) is 0 Å². The van der Waals surface area contributed by atoms with Gasteiger partial charge in [-0.3, -0.25) is 9.59 Å². The first-order valence-corrected chi connectivity index (χ1v) is 7.18. The molecule has 0 aromatic heterocycles. The fourth-order valence-corrected chi connectivity index (χ4v) is 4.14. The molecule has 4 fully saturated rings. The Balaban J connectivity index is 1.25. The first-order chi connectivity index (χ1) is 8.65. The van der Waals surface area contributed by atoms with Crippen molar-refractivity contribution in [1.29, 1.82) is 0 Å². The van der Waals surface area contributed by atoms with Gasteiger partial charge in [-0.05, 0) is 55.8 Å². The zero-order valence-electron chi connectivity index (χ0n) is 10.3. The van der Waals surface area contributed by atoms with E-state index in [2.05, 4.69) is 5.32 Å². The fourth-order valence-electron chi connectivity index (χ4n) is 4.14. The summed E-state index contributed by atoms with van der Waals surface area (Å²) in [4.78, 5) is 22.8. The smallest absolute Gasteiger partial charge is 0.306 e. The highest BCUT2D eigenvalue weighted by molar-refractivity contribution is 5.81. The average molecular weight is 249 g/mol. The molecule has 4 rings (SSSR count). The Bertz CT molecular complexity index is 421. The van der Waals surface area contributed by atoms with Crippen molar-refractivity contribution in [3.63, 3.8) is 0 Å². The maximum absolute atomic E-state index is 12.0. The molecule has 4 aliphatic carbocycles. The van der Waals surface area contributed by atoms with Crippen LogP contribution >= 0.6 is 0 Å². The van der Waals surface area contributed by atoms with E-state index in [0.717, 1.165) is 25.2 Å². The lowest BCUT2D eigenvalue weighted by Gasteiger charge is -2.52. The lowest BCUT2D eigenvalue weighted by Crippen LogP contribution is -2.52. The Hall–Kier alpha value is -1.06. The fraction of sp³-hybridized carbons (Fsp3) is 0.857. The van der Waals surface area contributed by atoms with Crippen LogP contribution in [0.2, 0.25) is 0 Å². The first-order valence-electron chi connectivity index (χ1n) is 7.18. The Labute approximate surface area is 106 Å². The van der Waals surface area contributed by atoms with Gasteiger partial charge in [0.25, 0.3) is 0 Å². The van der Waals surface area contributed by atoms with Crippen molar-refractivity contribution in [2.75, 3.05) is 0 Å². The van der Waals surface area contributed by atoms with E-state index in [9.17, 15) is 9.59 Å². The Morgan fingerprint density at radius 2 is 1.78 bits per heavy atom. The van der Waals surface area contributed by atoms with Crippen LogP contribution in [0, 0.1) is 35.5 Å². The number of aliphatic carboxylic acids is 1. The molecule has 0 spiro atoms. The molecule has 18 heavy (non-hydrogen) atoms. The number of hydrogen-bond donors (Lipinski definition) is 2. The number of carbonyl (C=O) groups excluding carboxylic acids is 1. The van der Waals surface area contributed by atoms with Gasteiger partial charge in [0, 0.05) is 12.0 Å². The number of hydrogen-bond acceptors (Lipinski definition) is 2. The van der Waals surface area contributed by atoms with Crippen LogP contribution < -0.4 is 5.32 Å². The molecule has 0 aromatic carbocycles. The summed E-state index contributed by atoms with van der Waals surface area (Å²) in [5.74, 6) is 2.05. The molecule has 4 heteroatoms. The minimum absolute atomic E-state index is 0.128. The van der Waals surface area contributed by atoms with E-state index in [0.29, 0.717) is 17.8 Å². The normalized spacial score (nSPS) is 51.4. The van der Waals surface area contributed by atoms with E-state index in [4.69, 9.17) is 5.11 Å². The quantitative estimate of drug-likeness (QED) is 0.788. The second-order valence-electron chi connectivity index (χ2n) is 6.70. The summed E-state index contributed by atoms with van der Waals surface area (Å²) in [7, 11) is 0. The van der Waals surface area contributed by atoms with Gasteiger partial charge in [-0.25, -0.2) is 0 Å². The average Bonchev–Trinajstić information content (AvgIpc) is 3.13. The number of carboxylic acid groups (broad SMARTS) is 1. The van der Waals surface area contributed by atoms with Crippen molar-refractivity contribution in [3.8, 4) is 0 Å². The standard InChI is InChI=1S/C14H19NO3/c16-13(10-3-6-1-2-7(6)10)15-12-5-9(12)8-4-11(8)14(17)18/h6-12H,1-5H2,(H,15,16)(H,17,18)/t6-,7-,8+,9-,10?,11+,12-/m0/s1. The SMILES string of the molecule is O=C(N[C@H]1C[C@H]1[C@H]1C[C@H]1C(=O)O)C1C[C@@H]2CC[C@H]12. The molecule has 4 aliphatic rings. The Kier molecular flexibility index (Phi) is 2.10. The van der Waals surface area contributed by atoms with E-state index in [1.165, 1.54) is 12.8 Å². The third kappa shape index (κ3) is 1.50. The van der Waals surface area contributed by atoms with Gasteiger partial charge in [-0.1, -0.05) is 0 Å². The van der Waals surface area contributed by atoms with Crippen LogP contribution in [0.1, 0.15) is 32.1 Å². The van der Waals surface area contributed by atoms with Crippen molar-refractivity contribution in [3.05, 3.63) is 0 Å². The number of carbonyl (C=O) groups is 2. The molecule has 98 valence electrons. The molecule has 0 heterocycles. The monoisotopic (exact) mass is 249 g/mol. The van der Waals surface area contributed by atoms with Crippen molar-refractivity contribution in [2.45, 2.75) is 38.1 Å². The molecule has 1 amide bonds. The highest BCUT2D eigenvalue weighted by Crippen LogP contribution is 2.56. The van der Waals surface area contributed by atoms with Crippen LogP contribution in [-0.4, -0.2) is 23.0 Å². The minimum Gasteiger partial charge on any atom is -0.481 e. The molecule has 0 aliphatic heterocycles. The van der Waals surface area contributed by atoms with E-state index < -0.39 is 5.97 Å². The molecular weight excluding hydrogens is 230 g/mol. The number of carboxylic acids is 1. The highest BCUT2D eigenvalue weighted by Gasteiger charge is 2.58. The largest absolute Gasteiger partial charge is 0.481 e. The van der Waals surface area contributed by atoms with Crippen LogP contribution in [0.25, 0.3) is 0 Å². The second kappa shape index (κ2) is 3.49. The number of amides is 1. The van der Waals surface area contributed by atoms with Crippen LogP contribution in [0.5, 0.6) is 0 Å². The number of fused-ring (bicyclic) bond motifs is 1. The lowest BCUT2D eigenvalue weighted by atomic mass is 9.53. The molecular formula is C14H19NO3. The van der Waals surface area contributed by atoms with Gasteiger partial charge in [-0.2, -0.15) is 0 Å². The van der Waals surface area contributed by atoms with Gasteiger partial charge in [0.1, 0.15) is 0 Å². The Morgan fingerprint density at radius 3 is 2.28 bits per heavy atom. The van der Waals surface area contributed by atoms with Gasteiger partial charge < -0.3 is 10.4 Å². The van der Waals surface area contributed by atoms with Crippen LogP contribution in [-0.2, 0) is 9.59 Å². The summed E-state index contributed by atoms with van der Waals surface area (Å²) >= 11 is 0. The zero-order valence-corrected chi connectivity index (χ0v) is 10.3. The molecule has 7 atom stereocenters. The predicted molar refractivity (Wildman–Crippen MR) is 63.6 cm³/mol. The van der Waals surface area contributed by atoms with Gasteiger partial charge in [0.15, 0.2) is 0 Å². The predicted octanol–water partition coefficient (Wildman–Crippen LogP) is 1.26. The summed E-state index contributed by atoms with van der Waals surface area (Å²) < 4.78 is 0. The molecule has 1 unspecified atom stereocenters. The van der Waals surface area contributed by atoms with E-state index in [-0.39, 0.29) is 23.8 Å². The van der Waals surface area contributed by atoms with Gasteiger partial charge in [0.05, 0.1) is 5.92 Å². The maximum atomic E-state index is 12.0.